The van der Waals surface area contributed by atoms with Gasteiger partial charge in [0.05, 0.1) is 17.8 Å². The molecule has 0 aromatic heterocycles. The number of barbiturate groups is 1. The van der Waals surface area contributed by atoms with Crippen LogP contribution in [0.1, 0.15) is 22.3 Å². The van der Waals surface area contributed by atoms with Crippen molar-refractivity contribution in [1.29, 1.82) is 0 Å². The van der Waals surface area contributed by atoms with Crippen molar-refractivity contribution in [1.82, 2.24) is 5.32 Å². The number of ether oxygens (including phenoxy) is 3. The van der Waals surface area contributed by atoms with Crippen LogP contribution < -0.4 is 24.4 Å². The molecule has 1 fully saturated rings. The van der Waals surface area contributed by atoms with Crippen LogP contribution in [0.25, 0.3) is 6.08 Å². The molecular weight excluding hydrogens is 591 g/mol. The SMILES string of the molecule is COc1cc(/C=C2\C(=O)NC(=O)N(c3ccc(OCc4ccccc4Cl)cc3)C2=O)cc(Cl)c1OCc1cccc(C)c1. The summed E-state index contributed by atoms with van der Waals surface area (Å²) in [6, 6.07) is 23.8. The quantitative estimate of drug-likeness (QED) is 0.159. The summed E-state index contributed by atoms with van der Waals surface area (Å²) in [6.45, 7) is 2.50. The molecule has 0 unspecified atom stereocenters. The lowest BCUT2D eigenvalue weighted by Gasteiger charge is -2.26. The number of anilines is 1. The van der Waals surface area contributed by atoms with Gasteiger partial charge in [-0.1, -0.05) is 71.2 Å². The average molecular weight is 617 g/mol. The van der Waals surface area contributed by atoms with Crippen LogP contribution in [0.4, 0.5) is 10.5 Å². The van der Waals surface area contributed by atoms with E-state index in [1.165, 1.54) is 13.2 Å². The fourth-order valence-corrected chi connectivity index (χ4v) is 4.91. The van der Waals surface area contributed by atoms with Gasteiger partial charge in [-0.05, 0) is 66.6 Å². The maximum atomic E-state index is 13.4. The Morgan fingerprint density at radius 3 is 2.33 bits per heavy atom. The zero-order valence-electron chi connectivity index (χ0n) is 23.2. The second-order valence-corrected chi connectivity index (χ2v) is 10.5. The summed E-state index contributed by atoms with van der Waals surface area (Å²) in [5.41, 5.74) is 3.27. The summed E-state index contributed by atoms with van der Waals surface area (Å²) >= 11 is 12.7. The van der Waals surface area contributed by atoms with E-state index in [2.05, 4.69) is 5.32 Å². The number of amides is 4. The number of carbonyl (C=O) groups is 3. The molecule has 4 amide bonds. The van der Waals surface area contributed by atoms with Crippen molar-refractivity contribution in [3.63, 3.8) is 0 Å². The number of hydrogen-bond acceptors (Lipinski definition) is 6. The predicted octanol–water partition coefficient (Wildman–Crippen LogP) is 7.13. The van der Waals surface area contributed by atoms with Gasteiger partial charge < -0.3 is 14.2 Å². The first-order valence-corrected chi connectivity index (χ1v) is 13.9. The highest BCUT2D eigenvalue weighted by molar-refractivity contribution is 6.39. The van der Waals surface area contributed by atoms with Gasteiger partial charge in [-0.2, -0.15) is 0 Å². The van der Waals surface area contributed by atoms with E-state index < -0.39 is 17.8 Å². The zero-order chi connectivity index (χ0) is 30.5. The normalized spacial score (nSPS) is 14.1. The van der Waals surface area contributed by atoms with Gasteiger partial charge in [0.15, 0.2) is 11.5 Å². The van der Waals surface area contributed by atoms with Crippen molar-refractivity contribution >= 4 is 52.8 Å². The lowest BCUT2D eigenvalue weighted by atomic mass is 10.1. The Morgan fingerprint density at radius 1 is 0.837 bits per heavy atom. The fourth-order valence-electron chi connectivity index (χ4n) is 4.45. The maximum absolute atomic E-state index is 13.4. The Kier molecular flexibility index (Phi) is 8.99. The van der Waals surface area contributed by atoms with Gasteiger partial charge in [-0.3, -0.25) is 14.9 Å². The average Bonchev–Trinajstić information content (AvgIpc) is 2.98. The van der Waals surface area contributed by atoms with Gasteiger partial charge >= 0.3 is 6.03 Å². The van der Waals surface area contributed by atoms with Gasteiger partial charge in [-0.25, -0.2) is 9.69 Å². The largest absolute Gasteiger partial charge is 0.493 e. The highest BCUT2D eigenvalue weighted by Crippen LogP contribution is 2.38. The number of nitrogens with zero attached hydrogens (tertiary/aromatic N) is 1. The number of hydrogen-bond donors (Lipinski definition) is 1. The van der Waals surface area contributed by atoms with Crippen LogP contribution in [0.3, 0.4) is 0 Å². The molecule has 0 spiro atoms. The fraction of sp³-hybridized carbons (Fsp3) is 0.121. The number of methoxy groups -OCH3 is 1. The van der Waals surface area contributed by atoms with E-state index >= 15 is 0 Å². The Bertz CT molecular complexity index is 1740. The lowest BCUT2D eigenvalue weighted by molar-refractivity contribution is -0.122. The molecule has 0 atom stereocenters. The highest BCUT2D eigenvalue weighted by Gasteiger charge is 2.37. The number of rotatable bonds is 9. The first-order chi connectivity index (χ1) is 20.7. The smallest absolute Gasteiger partial charge is 0.335 e. The summed E-state index contributed by atoms with van der Waals surface area (Å²) in [6.07, 6.45) is 1.34. The van der Waals surface area contributed by atoms with Crippen molar-refractivity contribution in [3.05, 3.63) is 123 Å². The number of imide groups is 2. The molecule has 4 aromatic rings. The van der Waals surface area contributed by atoms with Crippen LogP contribution in [0.5, 0.6) is 17.2 Å². The van der Waals surface area contributed by atoms with Gasteiger partial charge in [0.1, 0.15) is 24.5 Å². The van der Waals surface area contributed by atoms with Gasteiger partial charge in [0, 0.05) is 10.6 Å². The lowest BCUT2D eigenvalue weighted by Crippen LogP contribution is -2.54. The van der Waals surface area contributed by atoms with Gasteiger partial charge in [0.2, 0.25) is 0 Å². The second-order valence-electron chi connectivity index (χ2n) is 9.64. The van der Waals surface area contributed by atoms with Crippen LogP contribution in [0.2, 0.25) is 10.0 Å². The van der Waals surface area contributed by atoms with Crippen molar-refractivity contribution in [2.24, 2.45) is 0 Å². The first kappa shape index (κ1) is 29.7. The molecule has 0 bridgehead atoms. The van der Waals surface area contributed by atoms with Crippen molar-refractivity contribution in [3.8, 4) is 17.2 Å². The molecule has 4 aromatic carbocycles. The molecule has 0 radical (unpaired) electrons. The molecule has 1 N–H and O–H groups in total. The molecule has 5 rings (SSSR count). The summed E-state index contributed by atoms with van der Waals surface area (Å²) in [7, 11) is 1.46. The van der Waals surface area contributed by atoms with E-state index in [1.54, 1.807) is 42.5 Å². The standard InChI is InChI=1S/C33H26Cl2N2O6/c1-20-6-5-7-21(14-20)18-43-30-28(35)16-22(17-29(30)41-2)15-26-31(38)36-33(40)37(32(26)39)24-10-12-25(13-11-24)42-19-23-8-3-4-9-27(23)34/h3-17H,18-19H2,1-2H3,(H,36,38,40)/b26-15+. The van der Waals surface area contributed by atoms with E-state index in [9.17, 15) is 14.4 Å². The first-order valence-electron chi connectivity index (χ1n) is 13.2. The maximum Gasteiger partial charge on any atom is 0.335 e. The van der Waals surface area contributed by atoms with Gasteiger partial charge in [-0.15, -0.1) is 0 Å². The topological polar surface area (TPSA) is 94.2 Å². The molecule has 218 valence electrons. The third-order valence-electron chi connectivity index (χ3n) is 6.58. The van der Waals surface area contributed by atoms with Gasteiger partial charge in [0.25, 0.3) is 11.8 Å². The number of nitrogens with one attached hydrogen (secondary N) is 1. The van der Waals surface area contributed by atoms with Crippen molar-refractivity contribution in [2.45, 2.75) is 20.1 Å². The summed E-state index contributed by atoms with van der Waals surface area (Å²) in [4.78, 5) is 39.7. The second kappa shape index (κ2) is 13.0. The van der Waals surface area contributed by atoms with E-state index in [0.717, 1.165) is 21.6 Å². The summed E-state index contributed by atoms with van der Waals surface area (Å²) in [5, 5.41) is 3.03. The number of urea groups is 1. The third-order valence-corrected chi connectivity index (χ3v) is 7.23. The van der Waals surface area contributed by atoms with E-state index in [1.807, 2.05) is 49.4 Å². The number of carbonyl (C=O) groups excluding carboxylic acids is 3. The Balaban J connectivity index is 1.34. The van der Waals surface area contributed by atoms with Crippen LogP contribution in [-0.4, -0.2) is 25.0 Å². The summed E-state index contributed by atoms with van der Waals surface area (Å²) < 4.78 is 17.2. The Labute approximate surface area is 258 Å². The molecule has 1 heterocycles. The minimum atomic E-state index is -0.868. The molecule has 10 heteroatoms. The number of benzene rings is 4. The zero-order valence-corrected chi connectivity index (χ0v) is 24.7. The number of aryl methyl sites for hydroxylation is 1. The molecule has 1 aliphatic heterocycles. The minimum absolute atomic E-state index is 0.225. The number of halogens is 2. The van der Waals surface area contributed by atoms with E-state index in [4.69, 9.17) is 37.4 Å². The Hall–Kier alpha value is -4.79. The van der Waals surface area contributed by atoms with Crippen LogP contribution in [0.15, 0.2) is 90.5 Å². The van der Waals surface area contributed by atoms with Crippen LogP contribution >= 0.6 is 23.2 Å². The summed E-state index contributed by atoms with van der Waals surface area (Å²) in [5.74, 6) is -0.488. The molecule has 0 saturated carbocycles. The molecular formula is C33H26Cl2N2O6. The Morgan fingerprint density at radius 2 is 1.60 bits per heavy atom. The van der Waals surface area contributed by atoms with E-state index in [-0.39, 0.29) is 29.5 Å². The molecule has 0 aliphatic carbocycles. The molecule has 8 nitrogen and oxygen atoms in total. The molecule has 43 heavy (non-hydrogen) atoms. The minimum Gasteiger partial charge on any atom is -0.493 e. The molecule has 1 saturated heterocycles. The van der Waals surface area contributed by atoms with Crippen molar-refractivity contribution in [2.75, 3.05) is 12.0 Å². The van der Waals surface area contributed by atoms with Crippen LogP contribution in [-0.2, 0) is 22.8 Å². The van der Waals surface area contributed by atoms with E-state index in [0.29, 0.717) is 27.8 Å². The monoisotopic (exact) mass is 616 g/mol. The molecule has 1 aliphatic rings. The highest BCUT2D eigenvalue weighted by atomic mass is 35.5. The van der Waals surface area contributed by atoms with Crippen molar-refractivity contribution < 1.29 is 28.6 Å². The third kappa shape index (κ3) is 6.83. The predicted molar refractivity (Wildman–Crippen MR) is 165 cm³/mol. The van der Waals surface area contributed by atoms with Crippen LogP contribution in [0, 0.1) is 6.92 Å².